The lowest BCUT2D eigenvalue weighted by Gasteiger charge is -2.70. The maximum atomic E-state index is 14.8. The van der Waals surface area contributed by atoms with Gasteiger partial charge in [-0.2, -0.15) is 0 Å². The van der Waals surface area contributed by atoms with E-state index in [-0.39, 0.29) is 38.9 Å². The smallest absolute Gasteiger partial charge is 0.335 e. The van der Waals surface area contributed by atoms with Gasteiger partial charge in [0.25, 0.3) is 0 Å². The summed E-state index contributed by atoms with van der Waals surface area (Å²) in [5.41, 5.74) is 8.72. The van der Waals surface area contributed by atoms with Gasteiger partial charge in [0.15, 0.2) is 0 Å². The van der Waals surface area contributed by atoms with Crippen LogP contribution in [0.2, 0.25) is 0 Å². The predicted octanol–water partition coefficient (Wildman–Crippen LogP) is 12.0. The van der Waals surface area contributed by atoms with E-state index in [1.807, 2.05) is 18.2 Å². The third kappa shape index (κ3) is 4.88. The summed E-state index contributed by atoms with van der Waals surface area (Å²) >= 11 is 0. The Labute approximate surface area is 321 Å². The van der Waals surface area contributed by atoms with Gasteiger partial charge in [-0.15, -0.1) is 0 Å². The van der Waals surface area contributed by atoms with Gasteiger partial charge in [-0.1, -0.05) is 109 Å². The van der Waals surface area contributed by atoms with E-state index in [9.17, 15) is 14.7 Å². The lowest BCUT2D eigenvalue weighted by atomic mass is 9.33. The van der Waals surface area contributed by atoms with Crippen LogP contribution in [0.5, 0.6) is 0 Å². The molecule has 3 N–H and O–H groups in total. The van der Waals surface area contributed by atoms with Crippen molar-refractivity contribution >= 4 is 28.5 Å². The van der Waals surface area contributed by atoms with Gasteiger partial charge >= 0.3 is 5.97 Å². The zero-order valence-corrected chi connectivity index (χ0v) is 33.4. The Bertz CT molecular complexity index is 2210. The molecule has 54 heavy (non-hydrogen) atoms. The largest absolute Gasteiger partial charge is 0.478 e. The molecule has 0 bridgehead atoms. The van der Waals surface area contributed by atoms with Gasteiger partial charge in [0.1, 0.15) is 0 Å². The molecule has 4 aromatic rings. The maximum Gasteiger partial charge on any atom is 0.335 e. The Kier molecular flexibility index (Phi) is 7.71. The minimum Gasteiger partial charge on any atom is -0.478 e. The minimum atomic E-state index is -0.883. The first-order chi connectivity index (χ1) is 25.5. The second-order valence-electron chi connectivity index (χ2n) is 20.2. The summed E-state index contributed by atoms with van der Waals surface area (Å²) in [5.74, 6) is 0.586. The Morgan fingerprint density at radius 2 is 1.50 bits per heavy atom. The van der Waals surface area contributed by atoms with Gasteiger partial charge in [0.2, 0.25) is 5.91 Å². The first kappa shape index (κ1) is 35.6. The number of carboxylic acid groups (broad SMARTS) is 1. The van der Waals surface area contributed by atoms with Crippen LogP contribution in [0.25, 0.3) is 22.0 Å². The lowest BCUT2D eigenvalue weighted by molar-refractivity contribution is -0.165. The van der Waals surface area contributed by atoms with Crippen molar-refractivity contribution in [3.05, 3.63) is 101 Å². The predicted molar refractivity (Wildman–Crippen MR) is 219 cm³/mol. The van der Waals surface area contributed by atoms with E-state index in [4.69, 9.17) is 0 Å². The number of carbonyl (C=O) groups is 2. The number of carboxylic acids is 1. The molecule has 0 radical (unpaired) electrons. The number of benzene rings is 3. The summed E-state index contributed by atoms with van der Waals surface area (Å²) in [6.07, 6.45) is 12.1. The molecule has 9 rings (SSSR count). The van der Waals surface area contributed by atoms with Crippen LogP contribution < -0.4 is 5.32 Å². The molecule has 3 saturated carbocycles. The van der Waals surface area contributed by atoms with Crippen molar-refractivity contribution in [2.75, 3.05) is 5.32 Å². The molecule has 1 amide bonds. The number of carbonyl (C=O) groups excluding carboxylic acids is 1. The normalized spacial score (nSPS) is 34.6. The number of nitrogens with one attached hydrogen (secondary N) is 2. The van der Waals surface area contributed by atoms with Gasteiger partial charge < -0.3 is 15.4 Å². The SMILES string of the molecule is CC1(C)CC[C@]2(C(=O)Nc3ccc(-c4ccccc4)cc3)CC[C@]3(C)C(=CC[C@@H]4[C@@]5(C)Cc6c([nH]c7cc(C(=O)O)ccc67)C(C)(C)[C@@H]5CC[C@]43C)[C@@H]2C1. The van der Waals surface area contributed by atoms with Crippen molar-refractivity contribution in [3.63, 3.8) is 0 Å². The van der Waals surface area contributed by atoms with Gasteiger partial charge in [-0.05, 0) is 138 Å². The Morgan fingerprint density at radius 1 is 0.796 bits per heavy atom. The highest BCUT2D eigenvalue weighted by molar-refractivity contribution is 5.97. The molecule has 0 spiro atoms. The second kappa shape index (κ2) is 11.7. The molecule has 3 fully saturated rings. The number of aromatic amines is 1. The van der Waals surface area contributed by atoms with Crippen LogP contribution in [-0.4, -0.2) is 22.0 Å². The van der Waals surface area contributed by atoms with E-state index in [1.54, 1.807) is 11.6 Å². The number of anilines is 1. The van der Waals surface area contributed by atoms with Crippen LogP contribution in [0.4, 0.5) is 5.69 Å². The van der Waals surface area contributed by atoms with Gasteiger partial charge in [-0.3, -0.25) is 4.79 Å². The van der Waals surface area contributed by atoms with Crippen molar-refractivity contribution in [2.45, 2.75) is 112 Å². The van der Waals surface area contributed by atoms with Crippen LogP contribution in [0.1, 0.15) is 121 Å². The van der Waals surface area contributed by atoms with Crippen molar-refractivity contribution in [3.8, 4) is 11.1 Å². The molecule has 5 aliphatic carbocycles. The van der Waals surface area contributed by atoms with E-state index in [0.29, 0.717) is 17.4 Å². The molecule has 0 unspecified atom stereocenters. The third-order valence-corrected chi connectivity index (χ3v) is 16.8. The number of aromatic carboxylic acids is 1. The minimum absolute atomic E-state index is 0.0180. The number of hydrogen-bond acceptors (Lipinski definition) is 2. The quantitative estimate of drug-likeness (QED) is 0.183. The van der Waals surface area contributed by atoms with E-state index in [0.717, 1.165) is 61.7 Å². The van der Waals surface area contributed by atoms with E-state index < -0.39 is 11.4 Å². The van der Waals surface area contributed by atoms with Crippen molar-refractivity contribution in [1.82, 2.24) is 4.98 Å². The van der Waals surface area contributed by atoms with Crippen molar-refractivity contribution < 1.29 is 14.7 Å². The molecule has 0 aliphatic heterocycles. The fourth-order valence-electron chi connectivity index (χ4n) is 13.8. The van der Waals surface area contributed by atoms with Crippen LogP contribution in [0.15, 0.2) is 84.4 Å². The Hall–Kier alpha value is -4.12. The van der Waals surface area contributed by atoms with Crippen molar-refractivity contribution in [2.24, 2.45) is 44.8 Å². The molecule has 7 atom stereocenters. The molecule has 5 aliphatic rings. The summed E-state index contributed by atoms with van der Waals surface area (Å²) < 4.78 is 0. The molecule has 3 aromatic carbocycles. The average Bonchev–Trinajstić information content (AvgIpc) is 3.50. The highest BCUT2D eigenvalue weighted by Gasteiger charge is 2.69. The highest BCUT2D eigenvalue weighted by Crippen LogP contribution is 2.75. The molecule has 0 saturated heterocycles. The van der Waals surface area contributed by atoms with Gasteiger partial charge in [0.05, 0.1) is 11.0 Å². The molecule has 5 nitrogen and oxygen atoms in total. The highest BCUT2D eigenvalue weighted by atomic mass is 16.4. The number of rotatable bonds is 4. The summed E-state index contributed by atoms with van der Waals surface area (Å²) in [5, 5.41) is 14.4. The van der Waals surface area contributed by atoms with Crippen molar-refractivity contribution in [1.29, 1.82) is 0 Å². The fourth-order valence-corrected chi connectivity index (χ4v) is 13.8. The monoisotopic (exact) mass is 722 g/mol. The van der Waals surface area contributed by atoms with Gasteiger partial charge in [-0.25, -0.2) is 4.79 Å². The number of hydrogen-bond donors (Lipinski definition) is 3. The third-order valence-electron chi connectivity index (χ3n) is 16.8. The number of fused-ring (bicyclic) bond motifs is 10. The Balaban J connectivity index is 1.07. The van der Waals surface area contributed by atoms with E-state index in [1.165, 1.54) is 35.0 Å². The van der Waals surface area contributed by atoms with Crippen LogP contribution >= 0.6 is 0 Å². The second-order valence-corrected chi connectivity index (χ2v) is 20.2. The first-order valence-electron chi connectivity index (χ1n) is 20.6. The number of allylic oxidation sites excluding steroid dienone is 2. The molecule has 1 heterocycles. The van der Waals surface area contributed by atoms with Crippen LogP contribution in [0, 0.1) is 44.8 Å². The summed E-state index contributed by atoms with van der Waals surface area (Å²) in [7, 11) is 0. The molecular weight excluding hydrogens is 665 g/mol. The number of H-pyrrole nitrogens is 1. The van der Waals surface area contributed by atoms with E-state index in [2.05, 4.69) is 113 Å². The van der Waals surface area contributed by atoms with Crippen LogP contribution in [0.3, 0.4) is 0 Å². The average molecular weight is 723 g/mol. The lowest BCUT2D eigenvalue weighted by Crippen LogP contribution is -2.65. The number of aromatic nitrogens is 1. The Morgan fingerprint density at radius 3 is 2.22 bits per heavy atom. The van der Waals surface area contributed by atoms with E-state index >= 15 is 0 Å². The summed E-state index contributed by atoms with van der Waals surface area (Å²) in [4.78, 5) is 30.5. The zero-order chi connectivity index (χ0) is 38.1. The molecule has 282 valence electrons. The number of amides is 1. The summed E-state index contributed by atoms with van der Waals surface area (Å²) in [6, 6.07) is 24.5. The van der Waals surface area contributed by atoms with Gasteiger partial charge in [0, 0.05) is 27.7 Å². The summed E-state index contributed by atoms with van der Waals surface area (Å²) in [6.45, 7) is 17.5. The molecular formula is C49H58N2O3. The molecule has 5 heteroatoms. The molecule has 1 aromatic heterocycles. The fraction of sp³-hybridized carbons (Fsp3) is 0.510. The topological polar surface area (TPSA) is 82.2 Å². The maximum absolute atomic E-state index is 14.8. The standard InChI is InChI=1S/C49H58N2O3/c1-44(2)23-25-49(43(54)50-33-16-13-31(14-17-33)30-11-9-8-10-12-30)26-24-47(6)36(37(49)29-44)19-20-40-46(5)28-35-34-18-15-32(42(52)53)27-38(34)51-41(35)45(3,4)39(46)21-22-48(40,47)7/h8-19,27,37,39-40,51H,20-26,28-29H2,1-7H3,(H,50,54)(H,52,53)/t37-,39-,40+,46-,47+,48+,49-/m0/s1. The van der Waals surface area contributed by atoms with Crippen LogP contribution in [-0.2, 0) is 16.6 Å². The first-order valence-corrected chi connectivity index (χ1v) is 20.6. The zero-order valence-electron chi connectivity index (χ0n) is 33.4.